The second kappa shape index (κ2) is 16.7. The number of thioether (sulfide) groups is 1. The van der Waals surface area contributed by atoms with Gasteiger partial charge in [0.2, 0.25) is 0 Å². The number of fused-ring (bicyclic) bond motifs is 3. The van der Waals surface area contributed by atoms with Crippen LogP contribution in [0.25, 0.3) is 11.1 Å². The summed E-state index contributed by atoms with van der Waals surface area (Å²) in [5.74, 6) is -0.339. The van der Waals surface area contributed by atoms with Gasteiger partial charge in [-0.3, -0.25) is 4.79 Å². The molecule has 5 rings (SSSR count). The molecule has 0 saturated carbocycles. The van der Waals surface area contributed by atoms with Gasteiger partial charge in [0, 0.05) is 22.5 Å². The zero-order valence-electron chi connectivity index (χ0n) is 29.0. The largest absolute Gasteiger partial charge is 0.465 e. The lowest BCUT2D eigenvalue weighted by molar-refractivity contribution is -0.153. The fourth-order valence-corrected chi connectivity index (χ4v) is 7.67. The predicted octanol–water partition coefficient (Wildman–Crippen LogP) is 11.2. The van der Waals surface area contributed by atoms with E-state index in [0.717, 1.165) is 37.2 Å². The van der Waals surface area contributed by atoms with Crippen LogP contribution in [0, 0.1) is 11.3 Å². The number of rotatable bonds is 13. The van der Waals surface area contributed by atoms with Gasteiger partial charge >= 0.3 is 11.9 Å². The quantitative estimate of drug-likeness (QED) is 0.0565. The number of ether oxygens (including phenoxy) is 3. The highest BCUT2D eigenvalue weighted by molar-refractivity contribution is 14.1. The third kappa shape index (κ3) is 9.56. The first-order valence-electron chi connectivity index (χ1n) is 17.1. The molecule has 0 unspecified atom stereocenters. The summed E-state index contributed by atoms with van der Waals surface area (Å²) in [4.78, 5) is 27.7. The molecule has 0 aromatic heterocycles. The molecule has 258 valence electrons. The van der Waals surface area contributed by atoms with Crippen LogP contribution in [-0.2, 0) is 23.8 Å². The number of hydrogen-bond acceptors (Lipinski definition) is 6. The molecule has 0 amide bonds. The van der Waals surface area contributed by atoms with Crippen molar-refractivity contribution < 1.29 is 23.8 Å². The number of esters is 2. The lowest BCUT2D eigenvalue weighted by atomic mass is 9.83. The standard InChI is InChI=1S/C42H47IO5S/c1-27(29(3)43)22-23-30(26-37-28(2)25-31(47-37)15-14-24-46-41(45)42(4,5)6)40(44)48-38-35-20-12-10-18-33(35)34-19-11-13-21-36(34)39(38)49-32-16-8-7-9-17-32/h7-13,16-21,23,27,31,37-39H,2-3,14-15,22,24-26H2,1,4-6H3/b30-23+/t27-,31+,37+,38-,39-/m1/s1. The van der Waals surface area contributed by atoms with Gasteiger partial charge in [-0.2, -0.15) is 0 Å². The molecule has 1 aliphatic heterocycles. The minimum absolute atomic E-state index is 0.0375. The molecule has 7 heteroatoms. The molecule has 0 radical (unpaired) electrons. The Balaban J connectivity index is 1.36. The molecule has 2 aliphatic rings. The lowest BCUT2D eigenvalue weighted by Crippen LogP contribution is -2.24. The van der Waals surface area contributed by atoms with Gasteiger partial charge in [0.05, 0.1) is 29.5 Å². The Morgan fingerprint density at radius 3 is 2.31 bits per heavy atom. The average Bonchev–Trinajstić information content (AvgIpc) is 3.44. The summed E-state index contributed by atoms with van der Waals surface area (Å²) < 4.78 is 19.6. The lowest BCUT2D eigenvalue weighted by Gasteiger charge is -2.35. The Morgan fingerprint density at radius 1 is 1.00 bits per heavy atom. The van der Waals surface area contributed by atoms with Gasteiger partial charge in [-0.25, -0.2) is 4.79 Å². The highest BCUT2D eigenvalue weighted by Crippen LogP contribution is 2.54. The Kier molecular flexibility index (Phi) is 12.7. The van der Waals surface area contributed by atoms with Gasteiger partial charge in [0.25, 0.3) is 0 Å². The van der Waals surface area contributed by atoms with Crippen molar-refractivity contribution in [2.75, 3.05) is 6.61 Å². The molecule has 0 N–H and O–H groups in total. The third-order valence-electron chi connectivity index (χ3n) is 9.08. The third-order valence-corrected chi connectivity index (χ3v) is 11.4. The summed E-state index contributed by atoms with van der Waals surface area (Å²) in [5, 5.41) is -0.138. The van der Waals surface area contributed by atoms with Crippen LogP contribution in [0.1, 0.15) is 82.3 Å². The van der Waals surface area contributed by atoms with E-state index in [1.807, 2.05) is 57.2 Å². The summed E-state index contributed by atoms with van der Waals surface area (Å²) in [6.45, 7) is 16.5. The zero-order chi connectivity index (χ0) is 35.1. The molecular weight excluding hydrogens is 743 g/mol. The molecule has 1 fully saturated rings. The highest BCUT2D eigenvalue weighted by Gasteiger charge is 2.38. The highest BCUT2D eigenvalue weighted by atomic mass is 127. The molecule has 1 heterocycles. The van der Waals surface area contributed by atoms with Crippen LogP contribution in [0.15, 0.2) is 118 Å². The SMILES string of the molecule is C=C(I)[C@H](C)C/C=C(\C[C@@H]1O[C@@H](CCCOC(=O)C(C)(C)C)CC1=C)C(=O)O[C@@H]1c2ccccc2-c2ccccc2[C@H]1Sc1ccccc1. The fraction of sp³-hybridized carbons (Fsp3) is 0.381. The van der Waals surface area contributed by atoms with Crippen LogP contribution in [0.4, 0.5) is 0 Å². The van der Waals surface area contributed by atoms with Crippen LogP contribution < -0.4 is 0 Å². The van der Waals surface area contributed by atoms with Crippen LogP contribution >= 0.6 is 34.4 Å². The second-order valence-corrected chi connectivity index (χ2v) is 16.6. The molecule has 3 aromatic rings. The molecule has 5 atom stereocenters. The number of allylic oxidation sites excluding steroid dienone is 2. The molecule has 0 bridgehead atoms. The van der Waals surface area contributed by atoms with Crippen LogP contribution in [0.5, 0.6) is 0 Å². The molecular formula is C42H47IO5S. The number of benzene rings is 3. The van der Waals surface area contributed by atoms with Gasteiger partial charge in [-0.15, -0.1) is 11.8 Å². The van der Waals surface area contributed by atoms with E-state index in [1.54, 1.807) is 11.8 Å². The van der Waals surface area contributed by atoms with Gasteiger partial charge in [-0.1, -0.05) is 92.9 Å². The van der Waals surface area contributed by atoms with E-state index < -0.39 is 11.5 Å². The maximum atomic E-state index is 14.4. The summed E-state index contributed by atoms with van der Waals surface area (Å²) in [6.07, 6.45) is 4.39. The van der Waals surface area contributed by atoms with Crippen molar-refractivity contribution in [1.82, 2.24) is 0 Å². The molecule has 1 saturated heterocycles. The molecule has 5 nitrogen and oxygen atoms in total. The fourth-order valence-electron chi connectivity index (χ4n) is 6.15. The Labute approximate surface area is 309 Å². The Hall–Kier alpha value is -3.14. The maximum absolute atomic E-state index is 14.4. The van der Waals surface area contributed by atoms with Crippen molar-refractivity contribution in [3.63, 3.8) is 0 Å². The Bertz CT molecular complexity index is 1690. The molecule has 1 aliphatic carbocycles. The normalized spacial score (nSPS) is 21.0. The van der Waals surface area contributed by atoms with Crippen LogP contribution in [-0.4, -0.2) is 30.8 Å². The van der Waals surface area contributed by atoms with E-state index in [2.05, 4.69) is 91.2 Å². The van der Waals surface area contributed by atoms with E-state index >= 15 is 0 Å². The summed E-state index contributed by atoms with van der Waals surface area (Å²) in [6, 6.07) is 27.0. The molecule has 0 spiro atoms. The second-order valence-electron chi connectivity index (χ2n) is 14.0. The van der Waals surface area contributed by atoms with E-state index in [9.17, 15) is 9.59 Å². The van der Waals surface area contributed by atoms with Crippen molar-refractivity contribution in [2.24, 2.45) is 11.3 Å². The van der Waals surface area contributed by atoms with Crippen molar-refractivity contribution in [3.8, 4) is 11.1 Å². The van der Waals surface area contributed by atoms with E-state index in [0.29, 0.717) is 37.9 Å². The van der Waals surface area contributed by atoms with E-state index in [4.69, 9.17) is 14.2 Å². The van der Waals surface area contributed by atoms with Gasteiger partial charge in [-0.05, 0) is 113 Å². The van der Waals surface area contributed by atoms with Gasteiger partial charge < -0.3 is 14.2 Å². The van der Waals surface area contributed by atoms with Gasteiger partial charge in [0.15, 0.2) is 0 Å². The Morgan fingerprint density at radius 2 is 1.63 bits per heavy atom. The first-order valence-corrected chi connectivity index (χ1v) is 19.0. The van der Waals surface area contributed by atoms with Crippen LogP contribution in [0.2, 0.25) is 0 Å². The number of carbonyl (C=O) groups excluding carboxylic acids is 2. The minimum atomic E-state index is -0.523. The first-order chi connectivity index (χ1) is 23.4. The van der Waals surface area contributed by atoms with Gasteiger partial charge in [0.1, 0.15) is 6.10 Å². The van der Waals surface area contributed by atoms with Crippen molar-refractivity contribution in [1.29, 1.82) is 0 Å². The smallest absolute Gasteiger partial charge is 0.334 e. The zero-order valence-corrected chi connectivity index (χ0v) is 31.9. The van der Waals surface area contributed by atoms with E-state index in [1.165, 1.54) is 5.56 Å². The van der Waals surface area contributed by atoms with Crippen molar-refractivity contribution in [2.45, 2.75) is 88.3 Å². The first kappa shape index (κ1) is 37.1. The number of hydrogen-bond donors (Lipinski definition) is 0. The topological polar surface area (TPSA) is 61.8 Å². The number of carbonyl (C=O) groups is 2. The van der Waals surface area contributed by atoms with Crippen molar-refractivity contribution in [3.05, 3.63) is 124 Å². The monoisotopic (exact) mass is 790 g/mol. The summed E-state index contributed by atoms with van der Waals surface area (Å²) in [7, 11) is 0. The average molecular weight is 791 g/mol. The van der Waals surface area contributed by atoms with E-state index in [-0.39, 0.29) is 35.3 Å². The van der Waals surface area contributed by atoms with Crippen LogP contribution in [0.3, 0.4) is 0 Å². The maximum Gasteiger partial charge on any atom is 0.334 e. The predicted molar refractivity (Wildman–Crippen MR) is 207 cm³/mol. The van der Waals surface area contributed by atoms with Crippen molar-refractivity contribution >= 4 is 46.3 Å². The summed E-state index contributed by atoms with van der Waals surface area (Å²) in [5.41, 5.74) is 5.45. The number of halogens is 1. The summed E-state index contributed by atoms with van der Waals surface area (Å²) >= 11 is 3.98. The molecule has 49 heavy (non-hydrogen) atoms. The minimum Gasteiger partial charge on any atom is -0.465 e. The molecule has 3 aromatic carbocycles.